The molecule has 0 radical (unpaired) electrons. The Balaban J connectivity index is 1.50. The summed E-state index contributed by atoms with van der Waals surface area (Å²) in [7, 11) is 0. The van der Waals surface area contributed by atoms with Gasteiger partial charge in [0.05, 0.1) is 0 Å². The highest BCUT2D eigenvalue weighted by atomic mass is 32.1. The molecule has 25 heavy (non-hydrogen) atoms. The van der Waals surface area contributed by atoms with Crippen LogP contribution in [0.1, 0.15) is 24.7 Å². The van der Waals surface area contributed by atoms with Gasteiger partial charge in [-0.25, -0.2) is 0 Å². The summed E-state index contributed by atoms with van der Waals surface area (Å²) in [5.41, 5.74) is 2.22. The molecule has 0 unspecified atom stereocenters. The van der Waals surface area contributed by atoms with E-state index in [9.17, 15) is 0 Å². The summed E-state index contributed by atoms with van der Waals surface area (Å²) in [6.45, 7) is 2.69. The first-order chi connectivity index (χ1) is 12.3. The van der Waals surface area contributed by atoms with Gasteiger partial charge in [0.1, 0.15) is 17.4 Å². The summed E-state index contributed by atoms with van der Waals surface area (Å²) in [5, 5.41) is 14.0. The van der Waals surface area contributed by atoms with Gasteiger partial charge in [0, 0.05) is 12.0 Å². The number of ether oxygens (including phenoxy) is 1. The summed E-state index contributed by atoms with van der Waals surface area (Å²) in [6.07, 6.45) is 1.91. The van der Waals surface area contributed by atoms with E-state index in [2.05, 4.69) is 34.4 Å². The first kappa shape index (κ1) is 15.8. The van der Waals surface area contributed by atoms with Gasteiger partial charge < -0.3 is 4.74 Å². The molecule has 0 saturated carbocycles. The van der Waals surface area contributed by atoms with Gasteiger partial charge in [-0.15, -0.1) is 10.2 Å². The third kappa shape index (κ3) is 3.39. The van der Waals surface area contributed by atoms with Gasteiger partial charge in [-0.2, -0.15) is 9.61 Å². The van der Waals surface area contributed by atoms with Gasteiger partial charge >= 0.3 is 0 Å². The average molecular weight is 350 g/mol. The fourth-order valence-corrected chi connectivity index (χ4v) is 3.45. The molecular weight excluding hydrogens is 332 g/mol. The molecule has 2 aromatic heterocycles. The lowest BCUT2D eigenvalue weighted by atomic mass is 10.2. The lowest BCUT2D eigenvalue weighted by molar-refractivity contribution is 0.306. The maximum absolute atomic E-state index is 5.83. The molecule has 6 heteroatoms. The van der Waals surface area contributed by atoms with Crippen molar-refractivity contribution >= 4 is 16.3 Å². The van der Waals surface area contributed by atoms with E-state index < -0.39 is 0 Å². The maximum Gasteiger partial charge on any atom is 0.234 e. The van der Waals surface area contributed by atoms with Crippen LogP contribution >= 0.6 is 11.3 Å². The molecular formula is C19H18N4OS. The van der Waals surface area contributed by atoms with Gasteiger partial charge in [0.2, 0.25) is 4.96 Å². The van der Waals surface area contributed by atoms with Gasteiger partial charge in [0.15, 0.2) is 5.82 Å². The van der Waals surface area contributed by atoms with Gasteiger partial charge in [0.25, 0.3) is 0 Å². The largest absolute Gasteiger partial charge is 0.489 e. The number of hydrogen-bond donors (Lipinski definition) is 0. The summed E-state index contributed by atoms with van der Waals surface area (Å²) < 4.78 is 7.68. The van der Waals surface area contributed by atoms with Crippen molar-refractivity contribution < 1.29 is 4.74 Å². The SMILES string of the molecule is CCCc1nnc2sc(-c3ccc(OCc4ccccc4)cc3)nn12. The molecule has 2 aromatic carbocycles. The number of hydrogen-bond acceptors (Lipinski definition) is 5. The van der Waals surface area contributed by atoms with E-state index in [1.165, 1.54) is 0 Å². The van der Waals surface area contributed by atoms with Crippen LogP contribution in [0.15, 0.2) is 54.6 Å². The lowest BCUT2D eigenvalue weighted by Crippen LogP contribution is -1.95. The molecule has 0 spiro atoms. The molecule has 126 valence electrons. The first-order valence-corrected chi connectivity index (χ1v) is 9.13. The van der Waals surface area contributed by atoms with E-state index in [1.807, 2.05) is 47.0 Å². The quantitative estimate of drug-likeness (QED) is 0.518. The Morgan fingerprint density at radius 1 is 1.00 bits per heavy atom. The van der Waals surface area contributed by atoms with E-state index in [0.29, 0.717) is 6.61 Å². The molecule has 2 heterocycles. The third-order valence-electron chi connectivity index (χ3n) is 3.88. The highest BCUT2D eigenvalue weighted by Gasteiger charge is 2.12. The van der Waals surface area contributed by atoms with E-state index >= 15 is 0 Å². The van der Waals surface area contributed by atoms with Crippen LogP contribution in [0, 0.1) is 0 Å². The Morgan fingerprint density at radius 3 is 2.56 bits per heavy atom. The fraction of sp³-hybridized carbons (Fsp3) is 0.211. The smallest absolute Gasteiger partial charge is 0.234 e. The summed E-state index contributed by atoms with van der Waals surface area (Å²) >= 11 is 1.55. The van der Waals surface area contributed by atoms with E-state index in [1.54, 1.807) is 11.3 Å². The van der Waals surface area contributed by atoms with E-state index in [4.69, 9.17) is 4.74 Å². The molecule has 0 aliphatic carbocycles. The van der Waals surface area contributed by atoms with Gasteiger partial charge in [-0.1, -0.05) is 48.6 Å². The van der Waals surface area contributed by atoms with Crippen molar-refractivity contribution in [1.82, 2.24) is 19.8 Å². The minimum atomic E-state index is 0.567. The predicted octanol–water partition coefficient (Wildman–Crippen LogP) is 4.38. The van der Waals surface area contributed by atoms with E-state index in [-0.39, 0.29) is 0 Å². The molecule has 4 aromatic rings. The number of aromatic nitrogens is 4. The van der Waals surface area contributed by atoms with Crippen molar-refractivity contribution in [3.8, 4) is 16.3 Å². The summed E-state index contributed by atoms with van der Waals surface area (Å²) in [5.74, 6) is 1.77. The fourth-order valence-electron chi connectivity index (χ4n) is 2.59. The molecule has 0 bridgehead atoms. The maximum atomic E-state index is 5.83. The summed E-state index contributed by atoms with van der Waals surface area (Å²) in [6, 6.07) is 18.2. The molecule has 5 nitrogen and oxygen atoms in total. The predicted molar refractivity (Wildman–Crippen MR) is 98.9 cm³/mol. The van der Waals surface area contributed by atoms with Crippen molar-refractivity contribution in [1.29, 1.82) is 0 Å². The molecule has 0 N–H and O–H groups in total. The monoisotopic (exact) mass is 350 g/mol. The Morgan fingerprint density at radius 2 is 1.80 bits per heavy atom. The van der Waals surface area contributed by atoms with Gasteiger partial charge in [-0.05, 0) is 36.2 Å². The van der Waals surface area contributed by atoms with Crippen molar-refractivity contribution in [2.45, 2.75) is 26.4 Å². The number of nitrogens with zero attached hydrogens (tertiary/aromatic N) is 4. The van der Waals surface area contributed by atoms with Crippen LogP contribution in [-0.2, 0) is 13.0 Å². The Labute approximate surface area is 149 Å². The zero-order valence-electron chi connectivity index (χ0n) is 13.9. The first-order valence-electron chi connectivity index (χ1n) is 8.32. The highest BCUT2D eigenvalue weighted by Crippen LogP contribution is 2.27. The molecule has 4 rings (SSSR count). The highest BCUT2D eigenvalue weighted by molar-refractivity contribution is 7.19. The van der Waals surface area contributed by atoms with Crippen molar-refractivity contribution in [2.75, 3.05) is 0 Å². The standard InChI is InChI=1S/C19H18N4OS/c1-2-6-17-20-21-19-23(17)22-18(25-19)15-9-11-16(12-10-15)24-13-14-7-4-3-5-8-14/h3-5,7-12H,2,6,13H2,1H3. The van der Waals surface area contributed by atoms with Crippen molar-refractivity contribution in [2.24, 2.45) is 0 Å². The van der Waals surface area contributed by atoms with Crippen LogP contribution in [0.4, 0.5) is 0 Å². The molecule has 0 amide bonds. The Bertz CT molecular complexity index is 960. The van der Waals surface area contributed by atoms with Crippen LogP contribution < -0.4 is 4.74 Å². The molecule has 0 aliphatic rings. The second-order valence-corrected chi connectivity index (χ2v) is 6.72. The lowest BCUT2D eigenvalue weighted by Gasteiger charge is -2.06. The Kier molecular flexibility index (Phi) is 4.43. The molecule has 0 aliphatic heterocycles. The van der Waals surface area contributed by atoms with Crippen LogP contribution in [0.25, 0.3) is 15.5 Å². The van der Waals surface area contributed by atoms with Gasteiger partial charge in [-0.3, -0.25) is 0 Å². The van der Waals surface area contributed by atoms with Crippen molar-refractivity contribution in [3.63, 3.8) is 0 Å². The zero-order chi connectivity index (χ0) is 17.1. The second kappa shape index (κ2) is 7.03. The zero-order valence-corrected chi connectivity index (χ0v) is 14.7. The van der Waals surface area contributed by atoms with E-state index in [0.717, 1.165) is 45.5 Å². The van der Waals surface area contributed by atoms with Crippen LogP contribution in [0.5, 0.6) is 5.75 Å². The van der Waals surface area contributed by atoms with Crippen LogP contribution in [0.2, 0.25) is 0 Å². The third-order valence-corrected chi connectivity index (χ3v) is 4.83. The Hall–Kier alpha value is -2.73. The normalized spacial score (nSPS) is 11.1. The molecule has 0 saturated heterocycles. The number of rotatable bonds is 6. The molecule has 0 atom stereocenters. The van der Waals surface area contributed by atoms with Crippen LogP contribution in [0.3, 0.4) is 0 Å². The average Bonchev–Trinajstić information content (AvgIpc) is 3.24. The number of fused-ring (bicyclic) bond motifs is 1. The topological polar surface area (TPSA) is 52.3 Å². The number of benzene rings is 2. The minimum absolute atomic E-state index is 0.567. The number of aryl methyl sites for hydroxylation is 1. The summed E-state index contributed by atoms with van der Waals surface area (Å²) in [4.78, 5) is 0.836. The van der Waals surface area contributed by atoms with Crippen LogP contribution in [-0.4, -0.2) is 19.8 Å². The minimum Gasteiger partial charge on any atom is -0.489 e. The van der Waals surface area contributed by atoms with Crippen molar-refractivity contribution in [3.05, 3.63) is 66.0 Å². The molecule has 0 fully saturated rings. The second-order valence-electron chi connectivity index (χ2n) is 5.77.